The van der Waals surface area contributed by atoms with Crippen LogP contribution in [0.1, 0.15) is 38.5 Å². The van der Waals surface area contributed by atoms with E-state index >= 15 is 0 Å². The maximum absolute atomic E-state index is 12.2. The number of rotatable bonds is 12. The Morgan fingerprint density at radius 2 is 1.74 bits per heavy atom. The van der Waals surface area contributed by atoms with Gasteiger partial charge in [0.2, 0.25) is 0 Å². The van der Waals surface area contributed by atoms with Gasteiger partial charge in [0.25, 0.3) is 0 Å². The first-order valence-corrected chi connectivity index (χ1v) is 7.51. The van der Waals surface area contributed by atoms with Crippen molar-refractivity contribution in [1.82, 2.24) is 0 Å². The molecule has 0 aromatic carbocycles. The van der Waals surface area contributed by atoms with Crippen molar-refractivity contribution in [2.45, 2.75) is 50.2 Å². The van der Waals surface area contributed by atoms with Crippen LogP contribution in [0, 0.1) is 0 Å². The minimum atomic E-state index is -2.10. The fraction of sp³-hybridized carbons (Fsp3) is 0.800. The number of aliphatic hydroxyl groups excluding tert-OH is 1. The number of quaternary nitrogens is 1. The number of hydrogen-bond donors (Lipinski definition) is 3. The Kier molecular flexibility index (Phi) is 8.36. The van der Waals surface area contributed by atoms with Crippen molar-refractivity contribution in [2.75, 3.05) is 27.7 Å². The van der Waals surface area contributed by atoms with E-state index in [4.69, 9.17) is 5.11 Å². The van der Waals surface area contributed by atoms with Crippen LogP contribution in [0.2, 0.25) is 0 Å². The number of carbonyl (C=O) groups excluding carboxylic acids is 2. The van der Waals surface area contributed by atoms with Crippen molar-refractivity contribution < 1.29 is 39.3 Å². The number of ketones is 1. The number of carboxylic acids is 2. The number of aliphatic carboxylic acids is 2. The van der Waals surface area contributed by atoms with Gasteiger partial charge in [0, 0.05) is 25.2 Å². The third-order valence-electron chi connectivity index (χ3n) is 3.29. The Balaban J connectivity index is 4.64. The number of nitrogens with zero attached hydrogens (tertiary/aromatic N) is 1. The fourth-order valence-corrected chi connectivity index (χ4v) is 2.43. The highest BCUT2D eigenvalue weighted by atomic mass is 16.4. The molecule has 8 heteroatoms. The van der Waals surface area contributed by atoms with E-state index in [1.54, 1.807) is 21.1 Å². The van der Waals surface area contributed by atoms with E-state index in [1.807, 2.05) is 0 Å². The maximum Gasteiger partial charge on any atom is 0.303 e. The lowest BCUT2D eigenvalue weighted by Crippen LogP contribution is -2.56. The molecule has 0 aliphatic carbocycles. The number of carboxylic acid groups (broad SMARTS) is 2. The second-order valence-corrected chi connectivity index (χ2v) is 6.95. The fourth-order valence-electron chi connectivity index (χ4n) is 2.43. The molecule has 0 saturated carbocycles. The highest BCUT2D eigenvalue weighted by molar-refractivity contribution is 5.91. The Labute approximate surface area is 135 Å². The summed E-state index contributed by atoms with van der Waals surface area (Å²) in [7, 11) is 5.11. The molecule has 0 aliphatic heterocycles. The van der Waals surface area contributed by atoms with Crippen LogP contribution < -0.4 is 5.11 Å². The predicted octanol–water partition coefficient (Wildman–Crippen LogP) is -1.47. The first-order chi connectivity index (χ1) is 10.4. The third kappa shape index (κ3) is 9.98. The lowest BCUT2D eigenvalue weighted by Gasteiger charge is -2.35. The van der Waals surface area contributed by atoms with Crippen LogP contribution in [0.4, 0.5) is 0 Å². The molecule has 0 amide bonds. The molecule has 0 aromatic rings. The third-order valence-corrected chi connectivity index (χ3v) is 3.29. The molecule has 2 unspecified atom stereocenters. The number of hydrogen-bond acceptors (Lipinski definition) is 6. The van der Waals surface area contributed by atoms with Crippen LogP contribution in [-0.2, 0) is 14.4 Å². The molecular weight excluding hydrogens is 306 g/mol. The topological polar surface area (TPSA) is 135 Å². The van der Waals surface area contributed by atoms with Crippen molar-refractivity contribution in [3.8, 4) is 0 Å². The van der Waals surface area contributed by atoms with Crippen LogP contribution in [0.15, 0.2) is 0 Å². The summed E-state index contributed by atoms with van der Waals surface area (Å²) < 4.78 is 0.171. The molecule has 0 heterocycles. The van der Waals surface area contributed by atoms with Gasteiger partial charge in [0.15, 0.2) is 11.4 Å². The highest BCUT2D eigenvalue weighted by Crippen LogP contribution is 2.20. The molecule has 0 rings (SSSR count). The van der Waals surface area contributed by atoms with Gasteiger partial charge in [-0.25, -0.2) is 0 Å². The van der Waals surface area contributed by atoms with Gasteiger partial charge in [-0.15, -0.1) is 0 Å². The van der Waals surface area contributed by atoms with E-state index in [0.29, 0.717) is 12.8 Å². The molecular formula is C15H27NO7. The van der Waals surface area contributed by atoms with Crippen LogP contribution in [0.3, 0.4) is 0 Å². The molecule has 134 valence electrons. The van der Waals surface area contributed by atoms with Gasteiger partial charge in [-0.2, -0.15) is 0 Å². The number of Topliss-reactive ketones (excluding diaryl/α,β-unsaturated/α-hetero) is 1. The first-order valence-electron chi connectivity index (χ1n) is 7.51. The Morgan fingerprint density at radius 1 is 1.17 bits per heavy atom. The molecule has 23 heavy (non-hydrogen) atoms. The number of likely N-dealkylation sites (N-methyl/N-ethyl adjacent to an activating group) is 1. The Bertz CT molecular complexity index is 430. The predicted molar refractivity (Wildman–Crippen MR) is 79.2 cm³/mol. The minimum absolute atomic E-state index is 0.0171. The van der Waals surface area contributed by atoms with E-state index in [2.05, 4.69) is 0 Å². The second kappa shape index (κ2) is 8.95. The normalized spacial score (nSPS) is 15.7. The van der Waals surface area contributed by atoms with Gasteiger partial charge in [-0.05, 0) is 12.8 Å². The van der Waals surface area contributed by atoms with Crippen LogP contribution >= 0.6 is 0 Å². The summed E-state index contributed by atoms with van der Waals surface area (Å²) in [6, 6.07) is 0. The van der Waals surface area contributed by atoms with Crippen LogP contribution in [0.5, 0.6) is 0 Å². The minimum Gasteiger partial charge on any atom is -0.550 e. The molecule has 0 bridgehead atoms. The van der Waals surface area contributed by atoms with Crippen molar-refractivity contribution in [3.05, 3.63) is 0 Å². The van der Waals surface area contributed by atoms with Gasteiger partial charge < -0.3 is 29.7 Å². The quantitative estimate of drug-likeness (QED) is 0.293. The van der Waals surface area contributed by atoms with Gasteiger partial charge in [0.05, 0.1) is 27.2 Å². The Hall–Kier alpha value is -1.51. The van der Waals surface area contributed by atoms with Gasteiger partial charge in [0.1, 0.15) is 6.54 Å². The summed E-state index contributed by atoms with van der Waals surface area (Å²) in [5.74, 6) is -3.22. The SMILES string of the molecule is C[N+](C)(C)CC(O)(CC(=O)[O-])C(=O)CC(O)CCCCC(=O)O. The van der Waals surface area contributed by atoms with Crippen LogP contribution in [0.25, 0.3) is 0 Å². The standard InChI is InChI=1S/C15H27NO7/c1-16(2,3)10-15(23,9-14(21)22)12(18)8-11(17)6-4-5-7-13(19)20/h11,17,23H,4-10H2,1-3H3,(H-,19,20,21,22). The van der Waals surface area contributed by atoms with Crippen molar-refractivity contribution in [1.29, 1.82) is 0 Å². The van der Waals surface area contributed by atoms with E-state index in [0.717, 1.165) is 0 Å². The zero-order chi connectivity index (χ0) is 18.3. The van der Waals surface area contributed by atoms with Crippen LogP contribution in [-0.4, -0.2) is 76.9 Å². The number of carbonyl (C=O) groups is 3. The zero-order valence-corrected chi connectivity index (χ0v) is 13.9. The summed E-state index contributed by atoms with van der Waals surface area (Å²) >= 11 is 0. The van der Waals surface area contributed by atoms with Crippen molar-refractivity contribution in [2.24, 2.45) is 0 Å². The second-order valence-electron chi connectivity index (χ2n) is 6.95. The van der Waals surface area contributed by atoms with E-state index < -0.39 is 35.8 Å². The molecule has 0 radical (unpaired) electrons. The summed E-state index contributed by atoms with van der Waals surface area (Å²) in [5, 5.41) is 39.6. The molecule has 8 nitrogen and oxygen atoms in total. The lowest BCUT2D eigenvalue weighted by atomic mass is 9.88. The van der Waals surface area contributed by atoms with E-state index in [9.17, 15) is 29.7 Å². The average Bonchev–Trinajstić information content (AvgIpc) is 2.30. The monoisotopic (exact) mass is 333 g/mol. The van der Waals surface area contributed by atoms with Gasteiger partial charge in [-0.1, -0.05) is 6.42 Å². The first kappa shape index (κ1) is 21.5. The molecule has 0 spiro atoms. The molecule has 2 atom stereocenters. The van der Waals surface area contributed by atoms with E-state index in [1.165, 1.54) is 0 Å². The maximum atomic E-state index is 12.2. The largest absolute Gasteiger partial charge is 0.550 e. The highest BCUT2D eigenvalue weighted by Gasteiger charge is 2.41. The summed E-state index contributed by atoms with van der Waals surface area (Å²) in [5.41, 5.74) is -2.10. The average molecular weight is 333 g/mol. The van der Waals surface area contributed by atoms with Gasteiger partial charge >= 0.3 is 5.97 Å². The molecule has 0 saturated heterocycles. The van der Waals surface area contributed by atoms with E-state index in [-0.39, 0.29) is 30.3 Å². The summed E-state index contributed by atoms with van der Waals surface area (Å²) in [6.07, 6.45) is -1.25. The zero-order valence-electron chi connectivity index (χ0n) is 13.9. The molecule has 0 aromatic heterocycles. The van der Waals surface area contributed by atoms with Crippen molar-refractivity contribution in [3.63, 3.8) is 0 Å². The molecule has 0 fully saturated rings. The van der Waals surface area contributed by atoms with Crippen molar-refractivity contribution >= 4 is 17.7 Å². The summed E-state index contributed by atoms with van der Waals surface area (Å²) in [6.45, 7) is -0.119. The number of aliphatic hydroxyl groups is 2. The number of unbranched alkanes of at least 4 members (excludes halogenated alkanes) is 1. The lowest BCUT2D eigenvalue weighted by molar-refractivity contribution is -0.875. The smallest absolute Gasteiger partial charge is 0.303 e. The Morgan fingerprint density at radius 3 is 2.17 bits per heavy atom. The molecule has 0 aliphatic rings. The van der Waals surface area contributed by atoms with Gasteiger partial charge in [-0.3, -0.25) is 9.59 Å². The molecule has 3 N–H and O–H groups in total. The summed E-state index contributed by atoms with van der Waals surface area (Å²) in [4.78, 5) is 33.4.